The fraction of sp³-hybridized carbons (Fsp3) is 0.304. The number of amides is 1. The molecule has 1 atom stereocenters. The Morgan fingerprint density at radius 3 is 2.77 bits per heavy atom. The highest BCUT2D eigenvalue weighted by atomic mass is 16.5. The molecule has 0 unspecified atom stereocenters. The predicted octanol–water partition coefficient (Wildman–Crippen LogP) is 3.73. The minimum absolute atomic E-state index is 0.0485. The molecule has 0 saturated carbocycles. The molecule has 154 valence electrons. The second kappa shape index (κ2) is 8.90. The maximum absolute atomic E-state index is 12.4. The number of rotatable bonds is 7. The van der Waals surface area contributed by atoms with E-state index in [4.69, 9.17) is 9.26 Å². The van der Waals surface area contributed by atoms with Gasteiger partial charge in [0.1, 0.15) is 0 Å². The van der Waals surface area contributed by atoms with Gasteiger partial charge in [0.25, 0.3) is 5.91 Å². The van der Waals surface area contributed by atoms with Crippen LogP contribution in [0.3, 0.4) is 0 Å². The first-order valence-electron chi connectivity index (χ1n) is 10.1. The molecule has 0 saturated heterocycles. The van der Waals surface area contributed by atoms with Gasteiger partial charge in [0, 0.05) is 17.7 Å². The topological polar surface area (TPSA) is 94.3 Å². The fourth-order valence-corrected chi connectivity index (χ4v) is 3.47. The van der Waals surface area contributed by atoms with E-state index in [-0.39, 0.29) is 18.7 Å². The first-order chi connectivity index (χ1) is 14.6. The standard InChI is InChI=1S/C23H23N3O4/c1-15(23(28)24-19-11-10-16-8-5-9-18(16)14-19)29-21(27)13-12-20-25-22(26-30-20)17-6-3-2-4-7-17/h2-4,6-7,10-11,14-15H,5,8-9,12-13H2,1H3,(H,24,28)/t15-/m1/s1. The lowest BCUT2D eigenvalue weighted by Gasteiger charge is -2.14. The summed E-state index contributed by atoms with van der Waals surface area (Å²) in [6, 6.07) is 15.4. The van der Waals surface area contributed by atoms with Crippen LogP contribution in [-0.2, 0) is 33.6 Å². The van der Waals surface area contributed by atoms with Crippen molar-refractivity contribution in [3.8, 4) is 11.4 Å². The number of ether oxygens (including phenoxy) is 1. The lowest BCUT2D eigenvalue weighted by Crippen LogP contribution is -2.30. The maximum Gasteiger partial charge on any atom is 0.307 e. The maximum atomic E-state index is 12.4. The molecule has 0 radical (unpaired) electrons. The largest absolute Gasteiger partial charge is 0.453 e. The molecule has 0 spiro atoms. The van der Waals surface area contributed by atoms with Gasteiger partial charge in [-0.1, -0.05) is 41.6 Å². The average Bonchev–Trinajstić information content (AvgIpc) is 3.42. The summed E-state index contributed by atoms with van der Waals surface area (Å²) in [4.78, 5) is 28.8. The van der Waals surface area contributed by atoms with Gasteiger partial charge in [-0.3, -0.25) is 9.59 Å². The number of aromatic nitrogens is 2. The second-order valence-electron chi connectivity index (χ2n) is 7.34. The summed E-state index contributed by atoms with van der Waals surface area (Å²) in [5, 5.41) is 6.74. The third-order valence-corrected chi connectivity index (χ3v) is 5.09. The summed E-state index contributed by atoms with van der Waals surface area (Å²) in [5.74, 6) is -0.0291. The van der Waals surface area contributed by atoms with Gasteiger partial charge in [-0.05, 0) is 49.4 Å². The van der Waals surface area contributed by atoms with E-state index < -0.39 is 12.1 Å². The number of nitrogens with zero attached hydrogens (tertiary/aromatic N) is 2. The molecule has 0 bridgehead atoms. The Balaban J connectivity index is 1.25. The van der Waals surface area contributed by atoms with E-state index in [0.29, 0.717) is 11.7 Å². The lowest BCUT2D eigenvalue weighted by atomic mass is 10.1. The third-order valence-electron chi connectivity index (χ3n) is 5.09. The number of anilines is 1. The van der Waals surface area contributed by atoms with E-state index in [1.165, 1.54) is 11.1 Å². The fourth-order valence-electron chi connectivity index (χ4n) is 3.47. The highest BCUT2D eigenvalue weighted by Gasteiger charge is 2.20. The van der Waals surface area contributed by atoms with Crippen molar-refractivity contribution < 1.29 is 18.8 Å². The Labute approximate surface area is 174 Å². The van der Waals surface area contributed by atoms with Crippen LogP contribution >= 0.6 is 0 Å². The zero-order chi connectivity index (χ0) is 20.9. The average molecular weight is 405 g/mol. The van der Waals surface area contributed by atoms with Crippen molar-refractivity contribution in [2.45, 2.75) is 45.1 Å². The van der Waals surface area contributed by atoms with Gasteiger partial charge in [-0.15, -0.1) is 0 Å². The Morgan fingerprint density at radius 2 is 1.93 bits per heavy atom. The van der Waals surface area contributed by atoms with Crippen LogP contribution in [0.4, 0.5) is 5.69 Å². The predicted molar refractivity (Wildman–Crippen MR) is 111 cm³/mol. The molecular weight excluding hydrogens is 382 g/mol. The van der Waals surface area contributed by atoms with Crippen molar-refractivity contribution >= 4 is 17.6 Å². The first kappa shape index (κ1) is 19.8. The van der Waals surface area contributed by atoms with Crippen LogP contribution in [0.2, 0.25) is 0 Å². The molecule has 7 nitrogen and oxygen atoms in total. The molecule has 1 aliphatic rings. The summed E-state index contributed by atoms with van der Waals surface area (Å²) < 4.78 is 10.4. The normalized spacial score (nSPS) is 13.5. The van der Waals surface area contributed by atoms with Crippen LogP contribution in [0, 0.1) is 0 Å². The molecule has 1 amide bonds. The second-order valence-corrected chi connectivity index (χ2v) is 7.34. The zero-order valence-corrected chi connectivity index (χ0v) is 16.8. The monoisotopic (exact) mass is 405 g/mol. The summed E-state index contributed by atoms with van der Waals surface area (Å²) in [5.41, 5.74) is 4.17. The number of nitrogens with one attached hydrogen (secondary N) is 1. The molecule has 1 aromatic heterocycles. The smallest absolute Gasteiger partial charge is 0.307 e. The molecule has 2 aromatic carbocycles. The molecule has 7 heteroatoms. The van der Waals surface area contributed by atoms with Crippen molar-refractivity contribution in [1.29, 1.82) is 0 Å². The van der Waals surface area contributed by atoms with Crippen LogP contribution in [0.5, 0.6) is 0 Å². The van der Waals surface area contributed by atoms with E-state index >= 15 is 0 Å². The van der Waals surface area contributed by atoms with E-state index in [1.54, 1.807) is 6.92 Å². The van der Waals surface area contributed by atoms with Gasteiger partial charge in [-0.25, -0.2) is 0 Å². The molecule has 3 aromatic rings. The van der Waals surface area contributed by atoms with Gasteiger partial charge < -0.3 is 14.6 Å². The molecule has 1 aliphatic carbocycles. The minimum Gasteiger partial charge on any atom is -0.453 e. The molecular formula is C23H23N3O4. The van der Waals surface area contributed by atoms with Crippen molar-refractivity contribution in [3.05, 3.63) is 65.5 Å². The van der Waals surface area contributed by atoms with Crippen LogP contribution in [0.25, 0.3) is 11.4 Å². The Bertz CT molecular complexity index is 1050. The summed E-state index contributed by atoms with van der Waals surface area (Å²) >= 11 is 0. The highest BCUT2D eigenvalue weighted by Crippen LogP contribution is 2.25. The quantitative estimate of drug-likeness (QED) is 0.602. The zero-order valence-electron chi connectivity index (χ0n) is 16.8. The number of fused-ring (bicyclic) bond motifs is 1. The van der Waals surface area contributed by atoms with Crippen molar-refractivity contribution in [2.75, 3.05) is 5.32 Å². The van der Waals surface area contributed by atoms with Crippen LogP contribution in [0.1, 0.15) is 36.8 Å². The molecule has 0 aliphatic heterocycles. The van der Waals surface area contributed by atoms with Crippen LogP contribution in [0.15, 0.2) is 53.1 Å². The first-order valence-corrected chi connectivity index (χ1v) is 10.1. The van der Waals surface area contributed by atoms with Crippen molar-refractivity contribution in [3.63, 3.8) is 0 Å². The number of carbonyl (C=O) groups excluding carboxylic acids is 2. The summed E-state index contributed by atoms with van der Waals surface area (Å²) in [6.45, 7) is 1.56. The number of esters is 1. The Kier molecular flexibility index (Phi) is 5.88. The minimum atomic E-state index is -0.895. The van der Waals surface area contributed by atoms with Gasteiger partial charge >= 0.3 is 5.97 Å². The number of benzene rings is 2. The molecule has 1 heterocycles. The van der Waals surface area contributed by atoms with Crippen LogP contribution in [-0.4, -0.2) is 28.1 Å². The molecule has 0 fully saturated rings. The van der Waals surface area contributed by atoms with E-state index in [9.17, 15) is 9.59 Å². The molecule has 4 rings (SSSR count). The number of aryl methyl sites for hydroxylation is 3. The molecule has 1 N–H and O–H groups in total. The lowest BCUT2D eigenvalue weighted by molar-refractivity contribution is -0.153. The van der Waals surface area contributed by atoms with E-state index in [1.807, 2.05) is 48.5 Å². The van der Waals surface area contributed by atoms with E-state index in [0.717, 1.165) is 30.5 Å². The van der Waals surface area contributed by atoms with Gasteiger partial charge in [0.2, 0.25) is 11.7 Å². The number of hydrogen-bond acceptors (Lipinski definition) is 6. The van der Waals surface area contributed by atoms with Gasteiger partial charge in [-0.2, -0.15) is 4.98 Å². The summed E-state index contributed by atoms with van der Waals surface area (Å²) in [6.07, 6.45) is 2.67. The third kappa shape index (κ3) is 4.74. The number of carbonyl (C=O) groups is 2. The van der Waals surface area contributed by atoms with Gasteiger partial charge in [0.15, 0.2) is 6.10 Å². The number of hydrogen-bond donors (Lipinski definition) is 1. The Morgan fingerprint density at radius 1 is 1.13 bits per heavy atom. The SMILES string of the molecule is C[C@@H](OC(=O)CCc1nc(-c2ccccc2)no1)C(=O)Nc1ccc2c(c1)CCC2. The Hall–Kier alpha value is -3.48. The summed E-state index contributed by atoms with van der Waals surface area (Å²) in [7, 11) is 0. The van der Waals surface area contributed by atoms with Crippen LogP contribution < -0.4 is 5.32 Å². The van der Waals surface area contributed by atoms with E-state index in [2.05, 4.69) is 15.5 Å². The molecule has 30 heavy (non-hydrogen) atoms. The highest BCUT2D eigenvalue weighted by molar-refractivity contribution is 5.95. The van der Waals surface area contributed by atoms with Gasteiger partial charge in [0.05, 0.1) is 6.42 Å². The van der Waals surface area contributed by atoms with Crippen molar-refractivity contribution in [1.82, 2.24) is 10.1 Å². The van der Waals surface area contributed by atoms with Crippen molar-refractivity contribution in [2.24, 2.45) is 0 Å².